The van der Waals surface area contributed by atoms with Crippen LogP contribution in [0, 0.1) is 24.2 Å². The molecule has 1 fully saturated rings. The fourth-order valence-corrected chi connectivity index (χ4v) is 1.67. The lowest BCUT2D eigenvalue weighted by Crippen LogP contribution is -2.03. The normalized spacial score (nSPS) is 24.7. The van der Waals surface area contributed by atoms with Crippen LogP contribution in [0.25, 0.3) is 0 Å². The number of cyclic esters (lactones) is 1. The van der Waals surface area contributed by atoms with E-state index in [-0.39, 0.29) is 6.10 Å². The second-order valence-electron chi connectivity index (χ2n) is 3.75. The fourth-order valence-electron chi connectivity index (χ4n) is 1.67. The molecule has 3 heteroatoms. The highest BCUT2D eigenvalue weighted by Gasteiger charge is 2.35. The van der Waals surface area contributed by atoms with Crippen LogP contribution in [0.2, 0.25) is 0 Å². The molecule has 76 valence electrons. The van der Waals surface area contributed by atoms with Crippen molar-refractivity contribution < 1.29 is 9.53 Å². The van der Waals surface area contributed by atoms with E-state index in [1.165, 1.54) is 5.56 Å². The molecule has 2 rings (SSSR count). The number of hydrogen-bond acceptors (Lipinski definition) is 3. The first-order chi connectivity index (χ1) is 7.20. The van der Waals surface area contributed by atoms with Crippen molar-refractivity contribution in [2.75, 3.05) is 0 Å². The number of benzene rings is 1. The summed E-state index contributed by atoms with van der Waals surface area (Å²) >= 11 is 0. The summed E-state index contributed by atoms with van der Waals surface area (Å²) in [5.74, 6) is -1.00. The van der Waals surface area contributed by atoms with Gasteiger partial charge in [0.2, 0.25) is 0 Å². The third kappa shape index (κ3) is 1.84. The van der Waals surface area contributed by atoms with Gasteiger partial charge in [-0.2, -0.15) is 5.26 Å². The fraction of sp³-hybridized carbons (Fsp3) is 0.333. The maximum absolute atomic E-state index is 11.2. The van der Waals surface area contributed by atoms with E-state index in [0.29, 0.717) is 6.42 Å². The molecule has 15 heavy (non-hydrogen) atoms. The minimum Gasteiger partial charge on any atom is -0.456 e. The van der Waals surface area contributed by atoms with Gasteiger partial charge in [-0.1, -0.05) is 29.8 Å². The number of carbonyl (C=O) groups is 1. The van der Waals surface area contributed by atoms with Crippen molar-refractivity contribution in [2.45, 2.75) is 19.4 Å². The molecule has 0 saturated carbocycles. The highest BCUT2D eigenvalue weighted by atomic mass is 16.5. The van der Waals surface area contributed by atoms with Gasteiger partial charge < -0.3 is 4.74 Å². The lowest BCUT2D eigenvalue weighted by molar-refractivity contribution is -0.143. The molecule has 0 N–H and O–H groups in total. The zero-order valence-corrected chi connectivity index (χ0v) is 8.43. The Morgan fingerprint density at radius 2 is 2.07 bits per heavy atom. The number of nitrogens with zero attached hydrogens (tertiary/aromatic N) is 1. The van der Waals surface area contributed by atoms with E-state index in [9.17, 15) is 4.79 Å². The van der Waals surface area contributed by atoms with Gasteiger partial charge in [0.1, 0.15) is 12.0 Å². The molecule has 3 nitrogen and oxygen atoms in total. The van der Waals surface area contributed by atoms with E-state index in [0.717, 1.165) is 5.56 Å². The SMILES string of the molecule is Cc1ccc(C2CC(C#N)C(=O)O2)cc1. The van der Waals surface area contributed by atoms with Gasteiger partial charge in [-0.3, -0.25) is 4.79 Å². The summed E-state index contributed by atoms with van der Waals surface area (Å²) in [4.78, 5) is 11.2. The maximum atomic E-state index is 11.2. The molecule has 0 radical (unpaired) electrons. The van der Waals surface area contributed by atoms with Gasteiger partial charge in [0.05, 0.1) is 6.07 Å². The summed E-state index contributed by atoms with van der Waals surface area (Å²) in [5, 5.41) is 8.69. The molecule has 0 aliphatic carbocycles. The molecular weight excluding hydrogens is 190 g/mol. The lowest BCUT2D eigenvalue weighted by Gasteiger charge is -2.08. The summed E-state index contributed by atoms with van der Waals surface area (Å²) in [6.07, 6.45) is 0.223. The van der Waals surface area contributed by atoms with E-state index in [4.69, 9.17) is 10.00 Å². The molecule has 2 unspecified atom stereocenters. The van der Waals surface area contributed by atoms with Crippen LogP contribution in [0.3, 0.4) is 0 Å². The van der Waals surface area contributed by atoms with Crippen LogP contribution in [0.5, 0.6) is 0 Å². The number of aryl methyl sites for hydroxylation is 1. The standard InChI is InChI=1S/C12H11NO2/c1-8-2-4-9(5-3-8)11-6-10(7-13)12(14)15-11/h2-5,10-11H,6H2,1H3. The lowest BCUT2D eigenvalue weighted by atomic mass is 10.0. The number of carbonyl (C=O) groups excluding carboxylic acids is 1. The molecule has 1 aromatic rings. The predicted octanol–water partition coefficient (Wildman–Crippen LogP) is 2.12. The van der Waals surface area contributed by atoms with Crippen molar-refractivity contribution in [2.24, 2.45) is 5.92 Å². The molecular formula is C12H11NO2. The smallest absolute Gasteiger partial charge is 0.324 e. The summed E-state index contributed by atoms with van der Waals surface area (Å²) in [5.41, 5.74) is 2.13. The topological polar surface area (TPSA) is 50.1 Å². The van der Waals surface area contributed by atoms with E-state index < -0.39 is 11.9 Å². The van der Waals surface area contributed by atoms with Crippen LogP contribution < -0.4 is 0 Å². The zero-order valence-electron chi connectivity index (χ0n) is 8.43. The Hall–Kier alpha value is -1.82. The first-order valence-electron chi connectivity index (χ1n) is 4.87. The van der Waals surface area contributed by atoms with Crippen LogP contribution in [0.1, 0.15) is 23.7 Å². The van der Waals surface area contributed by atoms with Crippen molar-refractivity contribution >= 4 is 5.97 Å². The van der Waals surface area contributed by atoms with Crippen molar-refractivity contribution in [3.05, 3.63) is 35.4 Å². The highest BCUT2D eigenvalue weighted by Crippen LogP contribution is 2.32. The van der Waals surface area contributed by atoms with Gasteiger partial charge in [-0.15, -0.1) is 0 Å². The number of hydrogen-bond donors (Lipinski definition) is 0. The quantitative estimate of drug-likeness (QED) is 0.654. The minimum atomic E-state index is -0.601. The Bertz CT molecular complexity index is 416. The molecule has 1 saturated heterocycles. The van der Waals surface area contributed by atoms with Gasteiger partial charge in [0.15, 0.2) is 0 Å². The van der Waals surface area contributed by atoms with E-state index in [1.807, 2.05) is 37.3 Å². The monoisotopic (exact) mass is 201 g/mol. The summed E-state index contributed by atoms with van der Waals surface area (Å²) in [6, 6.07) is 9.78. The molecule has 0 aromatic heterocycles. The van der Waals surface area contributed by atoms with Crippen molar-refractivity contribution in [3.63, 3.8) is 0 Å². The first-order valence-corrected chi connectivity index (χ1v) is 4.87. The zero-order chi connectivity index (χ0) is 10.8. The Balaban J connectivity index is 2.18. The first kappa shape index (κ1) is 9.72. The third-order valence-electron chi connectivity index (χ3n) is 2.60. The van der Waals surface area contributed by atoms with Crippen molar-refractivity contribution in [1.82, 2.24) is 0 Å². The van der Waals surface area contributed by atoms with Gasteiger partial charge in [-0.25, -0.2) is 0 Å². The van der Waals surface area contributed by atoms with Crippen LogP contribution in [0.15, 0.2) is 24.3 Å². The van der Waals surface area contributed by atoms with Crippen molar-refractivity contribution in [1.29, 1.82) is 5.26 Å². The largest absolute Gasteiger partial charge is 0.456 e. The highest BCUT2D eigenvalue weighted by molar-refractivity contribution is 5.77. The van der Waals surface area contributed by atoms with Crippen LogP contribution >= 0.6 is 0 Å². The number of rotatable bonds is 1. The van der Waals surface area contributed by atoms with Crippen molar-refractivity contribution in [3.8, 4) is 6.07 Å². The molecule has 1 heterocycles. The number of esters is 1. The molecule has 0 spiro atoms. The summed E-state index contributed by atoms with van der Waals surface area (Å²) < 4.78 is 5.13. The Morgan fingerprint density at radius 3 is 2.60 bits per heavy atom. The summed E-state index contributed by atoms with van der Waals surface area (Å²) in [6.45, 7) is 2.00. The number of nitriles is 1. The van der Waals surface area contributed by atoms with E-state index in [1.54, 1.807) is 0 Å². The predicted molar refractivity (Wildman–Crippen MR) is 53.7 cm³/mol. The Labute approximate surface area is 88.3 Å². The van der Waals surface area contributed by atoms with Crippen LogP contribution in [-0.2, 0) is 9.53 Å². The molecule has 0 bridgehead atoms. The van der Waals surface area contributed by atoms with Crippen LogP contribution in [-0.4, -0.2) is 5.97 Å². The maximum Gasteiger partial charge on any atom is 0.324 e. The Morgan fingerprint density at radius 1 is 1.40 bits per heavy atom. The third-order valence-corrected chi connectivity index (χ3v) is 2.60. The minimum absolute atomic E-state index is 0.247. The second kappa shape index (κ2) is 3.74. The Kier molecular flexibility index (Phi) is 2.42. The second-order valence-corrected chi connectivity index (χ2v) is 3.75. The van der Waals surface area contributed by atoms with Gasteiger partial charge in [-0.05, 0) is 12.5 Å². The van der Waals surface area contributed by atoms with Gasteiger partial charge in [0, 0.05) is 6.42 Å². The average Bonchev–Trinajstić information content (AvgIpc) is 2.61. The molecule has 2 atom stereocenters. The average molecular weight is 201 g/mol. The molecule has 1 aliphatic rings. The molecule has 1 aromatic carbocycles. The molecule has 1 aliphatic heterocycles. The van der Waals surface area contributed by atoms with Crippen LogP contribution in [0.4, 0.5) is 0 Å². The number of ether oxygens (including phenoxy) is 1. The van der Waals surface area contributed by atoms with E-state index in [2.05, 4.69) is 0 Å². The summed E-state index contributed by atoms with van der Waals surface area (Å²) in [7, 11) is 0. The molecule has 0 amide bonds. The van der Waals surface area contributed by atoms with Gasteiger partial charge >= 0.3 is 5.97 Å². The van der Waals surface area contributed by atoms with Gasteiger partial charge in [0.25, 0.3) is 0 Å². The van der Waals surface area contributed by atoms with E-state index >= 15 is 0 Å².